The zero-order chi connectivity index (χ0) is 18.7. The van der Waals surface area contributed by atoms with Crippen molar-refractivity contribution in [2.75, 3.05) is 13.1 Å². The average Bonchev–Trinajstić information content (AvgIpc) is 3.09. The molecule has 2 aliphatic rings. The van der Waals surface area contributed by atoms with Crippen LogP contribution in [0.15, 0.2) is 24.3 Å². The summed E-state index contributed by atoms with van der Waals surface area (Å²) in [6.45, 7) is 3.29. The topological polar surface area (TPSA) is 29.9 Å². The highest BCUT2D eigenvalue weighted by Crippen LogP contribution is 2.68. The van der Waals surface area contributed by atoms with Crippen LogP contribution < -0.4 is 5.32 Å². The first-order chi connectivity index (χ1) is 12.2. The van der Waals surface area contributed by atoms with Crippen molar-refractivity contribution in [2.45, 2.75) is 37.9 Å². The third kappa shape index (κ3) is 2.74. The molecule has 1 aliphatic heterocycles. The number of aryl methyl sites for hydroxylation is 1. The Morgan fingerprint density at radius 1 is 1.23 bits per heavy atom. The minimum Gasteiger partial charge on any atom is -0.316 e. The molecule has 1 aliphatic carbocycles. The van der Waals surface area contributed by atoms with Crippen molar-refractivity contribution in [1.29, 1.82) is 0 Å². The molecule has 4 rings (SSSR count). The minimum absolute atomic E-state index is 0.185. The third-order valence-corrected chi connectivity index (χ3v) is 6.58. The fourth-order valence-electron chi connectivity index (χ4n) is 4.54. The number of fused-ring (bicyclic) bond motifs is 1. The minimum atomic E-state index is -4.42. The Morgan fingerprint density at radius 2 is 2.00 bits per heavy atom. The predicted molar refractivity (Wildman–Crippen MR) is 94.6 cm³/mol. The van der Waals surface area contributed by atoms with E-state index in [9.17, 15) is 13.2 Å². The van der Waals surface area contributed by atoms with Gasteiger partial charge in [0.2, 0.25) is 0 Å². The molecule has 140 valence electrons. The summed E-state index contributed by atoms with van der Waals surface area (Å²) in [5.74, 6) is 0. The summed E-state index contributed by atoms with van der Waals surface area (Å²) in [6.07, 6.45) is -2.76. The highest BCUT2D eigenvalue weighted by Gasteiger charge is 2.68. The van der Waals surface area contributed by atoms with Gasteiger partial charge in [0, 0.05) is 23.9 Å². The number of nitrogens with one attached hydrogen (secondary N) is 1. The maximum atomic E-state index is 13.4. The molecule has 1 saturated heterocycles. The number of hydrogen-bond donors (Lipinski definition) is 1. The smallest absolute Gasteiger partial charge is 0.316 e. The highest BCUT2D eigenvalue weighted by molar-refractivity contribution is 6.42. The van der Waals surface area contributed by atoms with Gasteiger partial charge in [0.25, 0.3) is 0 Å². The molecule has 3 nitrogen and oxygen atoms in total. The lowest BCUT2D eigenvalue weighted by molar-refractivity contribution is -0.144. The molecule has 2 heterocycles. The second kappa shape index (κ2) is 5.88. The van der Waals surface area contributed by atoms with E-state index < -0.39 is 11.9 Å². The molecule has 0 radical (unpaired) electrons. The van der Waals surface area contributed by atoms with Crippen LogP contribution in [0.5, 0.6) is 0 Å². The molecular formula is C18H18Cl2F3N3. The summed E-state index contributed by atoms with van der Waals surface area (Å²) in [6, 6.07) is 6.67. The van der Waals surface area contributed by atoms with Gasteiger partial charge in [-0.1, -0.05) is 29.3 Å². The summed E-state index contributed by atoms with van der Waals surface area (Å²) in [7, 11) is 0. The fraction of sp³-hybridized carbons (Fsp3) is 0.500. The van der Waals surface area contributed by atoms with Crippen molar-refractivity contribution in [3.8, 4) is 0 Å². The zero-order valence-corrected chi connectivity index (χ0v) is 15.6. The van der Waals surface area contributed by atoms with Gasteiger partial charge in [-0.3, -0.25) is 4.68 Å². The predicted octanol–water partition coefficient (Wildman–Crippen LogP) is 4.84. The van der Waals surface area contributed by atoms with E-state index in [2.05, 4.69) is 10.4 Å². The van der Waals surface area contributed by atoms with Crippen LogP contribution >= 0.6 is 23.2 Å². The van der Waals surface area contributed by atoms with E-state index >= 15 is 0 Å². The fourth-order valence-corrected chi connectivity index (χ4v) is 4.84. The molecule has 8 heteroatoms. The van der Waals surface area contributed by atoms with E-state index in [0.29, 0.717) is 22.3 Å². The zero-order valence-electron chi connectivity index (χ0n) is 14.1. The Bertz CT molecular complexity index is 864. The Morgan fingerprint density at radius 3 is 2.69 bits per heavy atom. The highest BCUT2D eigenvalue weighted by atomic mass is 35.5. The normalized spacial score (nSPS) is 28.1. The summed E-state index contributed by atoms with van der Waals surface area (Å²) in [5, 5.41) is 8.42. The number of halogens is 5. The third-order valence-electron chi connectivity index (χ3n) is 5.84. The number of alkyl halides is 3. The summed E-state index contributed by atoms with van der Waals surface area (Å²) >= 11 is 12.2. The lowest BCUT2D eigenvalue weighted by atomic mass is 9.81. The van der Waals surface area contributed by atoms with Gasteiger partial charge in [-0.2, -0.15) is 18.3 Å². The van der Waals surface area contributed by atoms with E-state index in [0.717, 1.165) is 35.7 Å². The number of nitrogens with zero attached hydrogens (tertiary/aromatic N) is 2. The molecule has 0 spiro atoms. The molecule has 0 unspecified atom stereocenters. The Kier molecular flexibility index (Phi) is 4.10. The van der Waals surface area contributed by atoms with Crippen molar-refractivity contribution in [1.82, 2.24) is 15.1 Å². The van der Waals surface area contributed by atoms with Crippen molar-refractivity contribution < 1.29 is 13.2 Å². The molecule has 1 saturated carbocycles. The largest absolute Gasteiger partial charge is 0.433 e. The Hall–Kier alpha value is -1.24. The molecule has 1 aromatic carbocycles. The van der Waals surface area contributed by atoms with Crippen molar-refractivity contribution >= 4 is 23.2 Å². The molecular weight excluding hydrogens is 386 g/mol. The maximum Gasteiger partial charge on any atom is 0.433 e. The van der Waals surface area contributed by atoms with E-state index in [4.69, 9.17) is 23.2 Å². The van der Waals surface area contributed by atoms with Crippen LogP contribution in [0, 0.1) is 12.3 Å². The first kappa shape index (κ1) is 18.1. The van der Waals surface area contributed by atoms with Gasteiger partial charge in [0.05, 0.1) is 15.7 Å². The lowest BCUT2D eigenvalue weighted by Crippen LogP contribution is -2.41. The summed E-state index contributed by atoms with van der Waals surface area (Å²) < 4.78 is 41.2. The van der Waals surface area contributed by atoms with Crippen LogP contribution in [0.4, 0.5) is 13.2 Å². The molecule has 26 heavy (non-hydrogen) atoms. The molecule has 1 N–H and O–H groups in total. The number of hydrogen-bond acceptors (Lipinski definition) is 2. The quantitative estimate of drug-likeness (QED) is 0.794. The molecule has 2 aromatic rings. The SMILES string of the molecule is Cc1cc(C(F)(F)F)n(C[C@@]23CNCC[C@]2(c2ccc(Cl)c(Cl)c2)C3)n1. The number of piperidine rings is 1. The standard InChI is InChI=1S/C18H18Cl2F3N3/c1-11-6-15(18(21,22)23)26(25-11)10-16-8-17(16,4-5-24-9-16)12-2-3-13(19)14(20)7-12/h2-3,6-7,24H,4-5,8-10H2,1H3/t16-,17-/m1/s1. The summed E-state index contributed by atoms with van der Waals surface area (Å²) in [5.41, 5.74) is 0.241. The molecule has 0 amide bonds. The number of benzene rings is 1. The van der Waals surface area contributed by atoms with Crippen LogP contribution in [0.25, 0.3) is 0 Å². The molecule has 2 atom stereocenters. The monoisotopic (exact) mass is 403 g/mol. The van der Waals surface area contributed by atoms with Crippen LogP contribution in [0.1, 0.15) is 29.8 Å². The van der Waals surface area contributed by atoms with Gasteiger partial charge in [-0.05, 0) is 50.1 Å². The molecule has 0 bridgehead atoms. The van der Waals surface area contributed by atoms with Crippen LogP contribution in [0.2, 0.25) is 10.0 Å². The van der Waals surface area contributed by atoms with Crippen molar-refractivity contribution in [2.24, 2.45) is 5.41 Å². The van der Waals surface area contributed by atoms with Crippen LogP contribution in [-0.4, -0.2) is 22.9 Å². The Labute approximate surface area is 159 Å². The van der Waals surface area contributed by atoms with Crippen LogP contribution in [-0.2, 0) is 18.1 Å². The average molecular weight is 404 g/mol. The molecule has 1 aromatic heterocycles. The second-order valence-corrected chi connectivity index (χ2v) is 8.24. The second-order valence-electron chi connectivity index (χ2n) is 7.42. The van der Waals surface area contributed by atoms with Gasteiger partial charge in [0.1, 0.15) is 5.69 Å². The lowest BCUT2D eigenvalue weighted by Gasteiger charge is -2.32. The van der Waals surface area contributed by atoms with Gasteiger partial charge in [0.15, 0.2) is 0 Å². The van der Waals surface area contributed by atoms with Crippen LogP contribution in [0.3, 0.4) is 0 Å². The van der Waals surface area contributed by atoms with Crippen molar-refractivity contribution in [3.05, 3.63) is 51.3 Å². The summed E-state index contributed by atoms with van der Waals surface area (Å²) in [4.78, 5) is 0. The van der Waals surface area contributed by atoms with Crippen molar-refractivity contribution in [3.63, 3.8) is 0 Å². The number of aromatic nitrogens is 2. The van der Waals surface area contributed by atoms with Gasteiger partial charge < -0.3 is 5.32 Å². The first-order valence-electron chi connectivity index (χ1n) is 8.45. The molecule has 2 fully saturated rings. The Balaban J connectivity index is 1.71. The van der Waals surface area contributed by atoms with E-state index in [1.165, 1.54) is 0 Å². The van der Waals surface area contributed by atoms with E-state index in [1.54, 1.807) is 13.0 Å². The first-order valence-corrected chi connectivity index (χ1v) is 9.20. The van der Waals surface area contributed by atoms with E-state index in [1.807, 2.05) is 12.1 Å². The maximum absolute atomic E-state index is 13.4. The van der Waals surface area contributed by atoms with E-state index in [-0.39, 0.29) is 17.4 Å². The van der Waals surface area contributed by atoms with Gasteiger partial charge in [-0.15, -0.1) is 0 Å². The van der Waals surface area contributed by atoms with Gasteiger partial charge in [-0.25, -0.2) is 0 Å². The number of rotatable bonds is 3. The van der Waals surface area contributed by atoms with Gasteiger partial charge >= 0.3 is 6.18 Å².